The van der Waals surface area contributed by atoms with Gasteiger partial charge in [-0.25, -0.2) is 4.39 Å². The maximum absolute atomic E-state index is 13.7. The molecule has 0 heterocycles. The molecule has 1 atom stereocenters. The van der Waals surface area contributed by atoms with Crippen molar-refractivity contribution in [3.8, 4) is 0 Å². The van der Waals surface area contributed by atoms with Gasteiger partial charge >= 0.3 is 0 Å². The predicted molar refractivity (Wildman–Crippen MR) is 63.7 cm³/mol. The summed E-state index contributed by atoms with van der Waals surface area (Å²) >= 11 is 0. The van der Waals surface area contributed by atoms with Crippen molar-refractivity contribution in [2.24, 2.45) is 0 Å². The Morgan fingerprint density at radius 2 is 1.56 bits per heavy atom. The van der Waals surface area contributed by atoms with Gasteiger partial charge in [-0.15, -0.1) is 0 Å². The zero-order valence-corrected chi connectivity index (χ0v) is 9.15. The minimum atomic E-state index is -0.175. The highest BCUT2D eigenvalue weighted by molar-refractivity contribution is 5.32. The van der Waals surface area contributed by atoms with E-state index >= 15 is 0 Å². The van der Waals surface area contributed by atoms with Crippen LogP contribution in [-0.4, -0.2) is 7.05 Å². The number of nitrogens with one attached hydrogen (secondary N) is 1. The molecule has 0 spiro atoms. The fourth-order valence-corrected chi connectivity index (χ4v) is 1.86. The second kappa shape index (κ2) is 4.90. The molecule has 82 valence electrons. The monoisotopic (exact) mass is 215 g/mol. The Hall–Kier alpha value is -1.67. The van der Waals surface area contributed by atoms with Crippen molar-refractivity contribution in [3.05, 3.63) is 71.5 Å². The van der Waals surface area contributed by atoms with Gasteiger partial charge in [0.15, 0.2) is 0 Å². The first kappa shape index (κ1) is 10.8. The quantitative estimate of drug-likeness (QED) is 0.829. The molecule has 0 aliphatic carbocycles. The summed E-state index contributed by atoms with van der Waals surface area (Å²) < 4.78 is 13.7. The summed E-state index contributed by atoms with van der Waals surface area (Å²) in [6, 6.07) is 16.6. The fourth-order valence-electron chi connectivity index (χ4n) is 1.86. The molecule has 2 rings (SSSR count). The summed E-state index contributed by atoms with van der Waals surface area (Å²) in [4.78, 5) is 0. The van der Waals surface area contributed by atoms with Crippen molar-refractivity contribution >= 4 is 0 Å². The minimum Gasteiger partial charge on any atom is -0.309 e. The van der Waals surface area contributed by atoms with E-state index in [4.69, 9.17) is 0 Å². The summed E-state index contributed by atoms with van der Waals surface area (Å²) in [5.41, 5.74) is 1.74. The smallest absolute Gasteiger partial charge is 0.128 e. The number of rotatable bonds is 3. The van der Waals surface area contributed by atoms with Gasteiger partial charge in [-0.05, 0) is 18.7 Å². The molecule has 0 bridgehead atoms. The number of halogens is 1. The van der Waals surface area contributed by atoms with Crippen LogP contribution >= 0.6 is 0 Å². The normalized spacial score (nSPS) is 12.4. The standard InChI is InChI=1S/C14H14FN/c1-16-14(11-7-3-2-4-8-11)12-9-5-6-10-13(12)15/h2-10,14,16H,1H3. The molecule has 0 aromatic heterocycles. The van der Waals surface area contributed by atoms with E-state index in [1.54, 1.807) is 6.07 Å². The average Bonchev–Trinajstić information content (AvgIpc) is 2.34. The van der Waals surface area contributed by atoms with E-state index in [0.29, 0.717) is 5.56 Å². The van der Waals surface area contributed by atoms with E-state index in [2.05, 4.69) is 5.32 Å². The van der Waals surface area contributed by atoms with Crippen LogP contribution in [-0.2, 0) is 0 Å². The van der Waals surface area contributed by atoms with Gasteiger partial charge in [-0.2, -0.15) is 0 Å². The molecule has 16 heavy (non-hydrogen) atoms. The van der Waals surface area contributed by atoms with Crippen molar-refractivity contribution in [1.29, 1.82) is 0 Å². The molecule has 0 amide bonds. The Morgan fingerprint density at radius 1 is 0.938 bits per heavy atom. The van der Waals surface area contributed by atoms with E-state index in [1.165, 1.54) is 6.07 Å². The third-order valence-electron chi connectivity index (χ3n) is 2.64. The second-order valence-corrected chi connectivity index (χ2v) is 3.65. The first-order chi connectivity index (χ1) is 7.83. The maximum atomic E-state index is 13.7. The Bertz CT molecular complexity index is 453. The van der Waals surface area contributed by atoms with Crippen LogP contribution in [0.3, 0.4) is 0 Å². The second-order valence-electron chi connectivity index (χ2n) is 3.65. The molecule has 1 N–H and O–H groups in total. The number of hydrogen-bond donors (Lipinski definition) is 1. The first-order valence-corrected chi connectivity index (χ1v) is 5.29. The molecule has 0 saturated heterocycles. The van der Waals surface area contributed by atoms with Crippen LogP contribution < -0.4 is 5.32 Å². The van der Waals surface area contributed by atoms with E-state index in [0.717, 1.165) is 5.56 Å². The molecular weight excluding hydrogens is 201 g/mol. The van der Waals surface area contributed by atoms with Gasteiger partial charge in [0, 0.05) is 5.56 Å². The summed E-state index contributed by atoms with van der Waals surface area (Å²) in [5, 5.41) is 3.14. The van der Waals surface area contributed by atoms with E-state index in [-0.39, 0.29) is 11.9 Å². The van der Waals surface area contributed by atoms with Gasteiger partial charge in [0.25, 0.3) is 0 Å². The van der Waals surface area contributed by atoms with E-state index < -0.39 is 0 Å². The largest absolute Gasteiger partial charge is 0.309 e. The fraction of sp³-hybridized carbons (Fsp3) is 0.143. The topological polar surface area (TPSA) is 12.0 Å². The van der Waals surface area contributed by atoms with Crippen LogP contribution in [0.15, 0.2) is 54.6 Å². The van der Waals surface area contributed by atoms with Crippen LogP contribution in [0.25, 0.3) is 0 Å². The molecule has 2 aromatic carbocycles. The molecule has 0 saturated carbocycles. The molecule has 1 nitrogen and oxygen atoms in total. The summed E-state index contributed by atoms with van der Waals surface area (Å²) in [6.45, 7) is 0. The Labute approximate surface area is 94.9 Å². The predicted octanol–water partition coefficient (Wildman–Crippen LogP) is 3.13. The molecule has 0 radical (unpaired) electrons. The molecule has 0 aliphatic heterocycles. The Morgan fingerprint density at radius 3 is 2.19 bits per heavy atom. The first-order valence-electron chi connectivity index (χ1n) is 5.29. The van der Waals surface area contributed by atoms with Gasteiger partial charge in [0.1, 0.15) is 5.82 Å². The number of hydrogen-bond acceptors (Lipinski definition) is 1. The van der Waals surface area contributed by atoms with Crippen molar-refractivity contribution in [2.45, 2.75) is 6.04 Å². The number of benzene rings is 2. The van der Waals surface area contributed by atoms with Crippen LogP contribution in [0.4, 0.5) is 4.39 Å². The highest BCUT2D eigenvalue weighted by atomic mass is 19.1. The SMILES string of the molecule is CNC(c1ccccc1)c1ccccc1F. The molecular formula is C14H14FN. The maximum Gasteiger partial charge on any atom is 0.128 e. The summed E-state index contributed by atoms with van der Waals surface area (Å²) in [7, 11) is 1.84. The zero-order chi connectivity index (χ0) is 11.4. The third-order valence-corrected chi connectivity index (χ3v) is 2.64. The van der Waals surface area contributed by atoms with Gasteiger partial charge in [-0.1, -0.05) is 48.5 Å². The van der Waals surface area contributed by atoms with Crippen LogP contribution in [0.5, 0.6) is 0 Å². The molecule has 0 aliphatic rings. The van der Waals surface area contributed by atoms with Crippen molar-refractivity contribution in [3.63, 3.8) is 0 Å². The van der Waals surface area contributed by atoms with Crippen molar-refractivity contribution in [1.82, 2.24) is 5.32 Å². The van der Waals surface area contributed by atoms with Crippen molar-refractivity contribution < 1.29 is 4.39 Å². The van der Waals surface area contributed by atoms with E-state index in [1.807, 2.05) is 49.5 Å². The lowest BCUT2D eigenvalue weighted by Gasteiger charge is -2.17. The Kier molecular flexibility index (Phi) is 3.32. The molecule has 2 aromatic rings. The van der Waals surface area contributed by atoms with Crippen molar-refractivity contribution in [2.75, 3.05) is 7.05 Å². The van der Waals surface area contributed by atoms with Crippen LogP contribution in [0, 0.1) is 5.82 Å². The van der Waals surface area contributed by atoms with Gasteiger partial charge in [0.05, 0.1) is 6.04 Å². The lowest BCUT2D eigenvalue weighted by atomic mass is 9.98. The summed E-state index contributed by atoms with van der Waals surface area (Å²) in [5.74, 6) is -0.175. The van der Waals surface area contributed by atoms with Gasteiger partial charge in [-0.3, -0.25) is 0 Å². The highest BCUT2D eigenvalue weighted by Gasteiger charge is 2.14. The molecule has 2 heteroatoms. The lowest BCUT2D eigenvalue weighted by molar-refractivity contribution is 0.576. The summed E-state index contributed by atoms with van der Waals surface area (Å²) in [6.07, 6.45) is 0. The molecule has 1 unspecified atom stereocenters. The average molecular weight is 215 g/mol. The highest BCUT2D eigenvalue weighted by Crippen LogP contribution is 2.23. The molecule has 0 fully saturated rings. The van der Waals surface area contributed by atoms with Gasteiger partial charge in [0.2, 0.25) is 0 Å². The van der Waals surface area contributed by atoms with E-state index in [9.17, 15) is 4.39 Å². The van der Waals surface area contributed by atoms with Gasteiger partial charge < -0.3 is 5.32 Å². The third kappa shape index (κ3) is 2.12. The minimum absolute atomic E-state index is 0.0950. The zero-order valence-electron chi connectivity index (χ0n) is 9.15. The van der Waals surface area contributed by atoms with Crippen LogP contribution in [0.1, 0.15) is 17.2 Å². The van der Waals surface area contributed by atoms with Crippen LogP contribution in [0.2, 0.25) is 0 Å². The Balaban J connectivity index is 2.41. The lowest BCUT2D eigenvalue weighted by Crippen LogP contribution is -2.18.